The van der Waals surface area contributed by atoms with Crippen LogP contribution in [-0.2, 0) is 6.42 Å². The summed E-state index contributed by atoms with van der Waals surface area (Å²) in [6.07, 6.45) is 0.531. The lowest BCUT2D eigenvalue weighted by molar-refractivity contribution is 0.330. The Hall–Kier alpha value is -4.19. The standard InChI is InChI=1S/C25H17N3O3/c26-23-19-20(27-24(28-23)15-7-2-1-3-8-15)17-12-13-30-21-16-9-5-4-6-14(16)10-11-18(21)22(17)31-25(19)29/h1-11H,12-13H2,(H2,26,27,28). The second-order valence-corrected chi connectivity index (χ2v) is 7.48. The number of hydrogen-bond donors (Lipinski definition) is 1. The van der Waals surface area contributed by atoms with E-state index >= 15 is 0 Å². The van der Waals surface area contributed by atoms with Crippen molar-refractivity contribution < 1.29 is 9.15 Å². The monoisotopic (exact) mass is 407 g/mol. The van der Waals surface area contributed by atoms with E-state index in [9.17, 15) is 4.79 Å². The van der Waals surface area contributed by atoms with E-state index in [2.05, 4.69) is 4.98 Å². The molecule has 1 aliphatic rings. The first-order chi connectivity index (χ1) is 15.2. The van der Waals surface area contributed by atoms with Crippen molar-refractivity contribution >= 4 is 27.5 Å². The Morgan fingerprint density at radius 3 is 2.58 bits per heavy atom. The fourth-order valence-electron chi connectivity index (χ4n) is 4.21. The first-order valence-electron chi connectivity index (χ1n) is 10.0. The van der Waals surface area contributed by atoms with Crippen LogP contribution in [0.1, 0.15) is 5.56 Å². The summed E-state index contributed by atoms with van der Waals surface area (Å²) in [5, 5.41) is 2.25. The van der Waals surface area contributed by atoms with Crippen molar-refractivity contribution in [1.29, 1.82) is 0 Å². The van der Waals surface area contributed by atoms with Gasteiger partial charge in [-0.05, 0) is 11.5 Å². The summed E-state index contributed by atoms with van der Waals surface area (Å²) in [6.45, 7) is 0.432. The maximum Gasteiger partial charge on any atom is 0.349 e. The molecule has 0 aliphatic carbocycles. The number of anilines is 1. The highest BCUT2D eigenvalue weighted by molar-refractivity contribution is 5.98. The van der Waals surface area contributed by atoms with Crippen molar-refractivity contribution in [2.45, 2.75) is 6.42 Å². The SMILES string of the molecule is Nc1nc(-c2ccccc2)nc2c3c(oc(=O)c12)-c1ccc2ccccc2c1OCC3. The molecular formula is C25H17N3O3. The highest BCUT2D eigenvalue weighted by atomic mass is 16.5. The number of rotatable bonds is 1. The Morgan fingerprint density at radius 2 is 1.71 bits per heavy atom. The van der Waals surface area contributed by atoms with Crippen LogP contribution in [0.4, 0.5) is 5.82 Å². The third-order valence-electron chi connectivity index (χ3n) is 5.65. The lowest BCUT2D eigenvalue weighted by atomic mass is 9.99. The van der Waals surface area contributed by atoms with Gasteiger partial charge in [0, 0.05) is 22.9 Å². The zero-order valence-corrected chi connectivity index (χ0v) is 16.5. The maximum absolute atomic E-state index is 12.9. The van der Waals surface area contributed by atoms with E-state index in [1.54, 1.807) is 0 Å². The second kappa shape index (κ2) is 6.67. The smallest absolute Gasteiger partial charge is 0.349 e. The highest BCUT2D eigenvalue weighted by Gasteiger charge is 2.25. The third kappa shape index (κ3) is 2.69. The number of hydrogen-bond acceptors (Lipinski definition) is 6. The van der Waals surface area contributed by atoms with Crippen molar-refractivity contribution in [2.75, 3.05) is 12.3 Å². The zero-order chi connectivity index (χ0) is 20.9. The first-order valence-corrected chi connectivity index (χ1v) is 10.0. The van der Waals surface area contributed by atoms with E-state index in [0.29, 0.717) is 35.9 Å². The second-order valence-electron chi connectivity index (χ2n) is 7.48. The van der Waals surface area contributed by atoms with E-state index in [0.717, 1.165) is 27.5 Å². The van der Waals surface area contributed by atoms with Crippen molar-refractivity contribution in [3.05, 3.63) is 82.7 Å². The van der Waals surface area contributed by atoms with Crippen LogP contribution < -0.4 is 16.1 Å². The van der Waals surface area contributed by atoms with E-state index in [4.69, 9.17) is 19.9 Å². The Kier molecular flexibility index (Phi) is 3.80. The van der Waals surface area contributed by atoms with Gasteiger partial charge in [0.1, 0.15) is 22.7 Å². The van der Waals surface area contributed by atoms with Crippen molar-refractivity contribution in [3.8, 4) is 28.5 Å². The van der Waals surface area contributed by atoms with Crippen molar-refractivity contribution in [1.82, 2.24) is 9.97 Å². The fraction of sp³-hybridized carbons (Fsp3) is 0.0800. The molecule has 5 aromatic rings. The summed E-state index contributed by atoms with van der Waals surface area (Å²) in [7, 11) is 0. The van der Waals surface area contributed by atoms with Crippen LogP contribution in [0.15, 0.2) is 75.9 Å². The molecule has 6 rings (SSSR count). The van der Waals surface area contributed by atoms with Crippen LogP contribution in [0.3, 0.4) is 0 Å². The Morgan fingerprint density at radius 1 is 0.903 bits per heavy atom. The predicted octanol–water partition coefficient (Wildman–Crippen LogP) is 4.59. The minimum absolute atomic E-state index is 0.115. The lowest BCUT2D eigenvalue weighted by Gasteiger charge is -2.12. The molecule has 150 valence electrons. The topological polar surface area (TPSA) is 91.2 Å². The van der Waals surface area contributed by atoms with E-state index in [1.807, 2.05) is 66.7 Å². The quantitative estimate of drug-likeness (QED) is 0.437. The van der Waals surface area contributed by atoms with Crippen LogP contribution in [0.5, 0.6) is 5.75 Å². The number of aromatic nitrogens is 2. The molecule has 0 saturated heterocycles. The molecule has 6 heteroatoms. The van der Waals surface area contributed by atoms with E-state index in [1.165, 1.54) is 0 Å². The highest BCUT2D eigenvalue weighted by Crippen LogP contribution is 2.41. The van der Waals surface area contributed by atoms with Gasteiger partial charge in [-0.3, -0.25) is 0 Å². The number of nitrogens with zero attached hydrogens (tertiary/aromatic N) is 2. The van der Waals surface area contributed by atoms with Crippen LogP contribution in [0.25, 0.3) is 44.4 Å². The fourth-order valence-corrected chi connectivity index (χ4v) is 4.21. The van der Waals surface area contributed by atoms with Gasteiger partial charge in [-0.1, -0.05) is 60.7 Å². The number of nitrogens with two attached hydrogens (primary N) is 1. The molecule has 0 bridgehead atoms. The van der Waals surface area contributed by atoms with Gasteiger partial charge in [-0.25, -0.2) is 14.8 Å². The minimum atomic E-state index is -0.549. The summed E-state index contributed by atoms with van der Waals surface area (Å²) in [5.74, 6) is 1.78. The predicted molar refractivity (Wildman–Crippen MR) is 120 cm³/mol. The van der Waals surface area contributed by atoms with Gasteiger partial charge in [0.25, 0.3) is 0 Å². The number of nitrogen functional groups attached to an aromatic ring is 1. The number of benzene rings is 3. The first kappa shape index (κ1) is 17.7. The Bertz CT molecular complexity index is 1540. The summed E-state index contributed by atoms with van der Waals surface area (Å²) in [4.78, 5) is 22.1. The molecule has 2 aromatic heterocycles. The van der Waals surface area contributed by atoms with Gasteiger partial charge in [-0.15, -0.1) is 0 Å². The van der Waals surface area contributed by atoms with E-state index in [-0.39, 0.29) is 11.2 Å². The molecule has 0 atom stereocenters. The van der Waals surface area contributed by atoms with Crippen LogP contribution >= 0.6 is 0 Å². The largest absolute Gasteiger partial charge is 0.492 e. The molecule has 2 N–H and O–H groups in total. The third-order valence-corrected chi connectivity index (χ3v) is 5.65. The van der Waals surface area contributed by atoms with Crippen LogP contribution in [0.2, 0.25) is 0 Å². The van der Waals surface area contributed by atoms with Crippen molar-refractivity contribution in [2.24, 2.45) is 0 Å². The summed E-state index contributed by atoms with van der Waals surface area (Å²) < 4.78 is 11.9. The van der Waals surface area contributed by atoms with Gasteiger partial charge in [0.15, 0.2) is 5.82 Å². The molecule has 3 heterocycles. The summed E-state index contributed by atoms with van der Waals surface area (Å²) >= 11 is 0. The number of fused-ring (bicyclic) bond motifs is 7. The molecule has 0 saturated carbocycles. The molecule has 6 nitrogen and oxygen atoms in total. The van der Waals surface area contributed by atoms with Gasteiger partial charge in [0.2, 0.25) is 0 Å². The molecule has 0 radical (unpaired) electrons. The van der Waals surface area contributed by atoms with Crippen LogP contribution in [-0.4, -0.2) is 16.6 Å². The molecule has 0 amide bonds. The average Bonchev–Trinajstić information content (AvgIpc) is 2.99. The normalized spacial score (nSPS) is 12.8. The molecule has 1 aliphatic heterocycles. The zero-order valence-electron chi connectivity index (χ0n) is 16.5. The number of ether oxygens (including phenoxy) is 1. The molecule has 3 aromatic carbocycles. The minimum Gasteiger partial charge on any atom is -0.492 e. The molecule has 31 heavy (non-hydrogen) atoms. The molecule has 0 fully saturated rings. The van der Waals surface area contributed by atoms with Crippen LogP contribution in [0, 0.1) is 0 Å². The molecule has 0 spiro atoms. The summed E-state index contributed by atoms with van der Waals surface area (Å²) in [5.41, 5.74) is 8.53. The van der Waals surface area contributed by atoms with Crippen molar-refractivity contribution in [3.63, 3.8) is 0 Å². The van der Waals surface area contributed by atoms with Gasteiger partial charge >= 0.3 is 5.63 Å². The van der Waals surface area contributed by atoms with Gasteiger partial charge in [0.05, 0.1) is 17.7 Å². The average molecular weight is 407 g/mol. The Labute approximate surface area is 176 Å². The van der Waals surface area contributed by atoms with Gasteiger partial charge in [-0.2, -0.15) is 0 Å². The molecule has 0 unspecified atom stereocenters. The van der Waals surface area contributed by atoms with Gasteiger partial charge < -0.3 is 14.9 Å². The molecular weight excluding hydrogens is 390 g/mol. The lowest BCUT2D eigenvalue weighted by Crippen LogP contribution is -2.11. The van der Waals surface area contributed by atoms with E-state index < -0.39 is 5.63 Å². The summed E-state index contributed by atoms with van der Waals surface area (Å²) in [6, 6.07) is 21.5. The Balaban J connectivity index is 1.69. The maximum atomic E-state index is 12.9.